The maximum Gasteiger partial charge on any atom is 0.259 e. The van der Waals surface area contributed by atoms with Crippen molar-refractivity contribution in [3.8, 4) is 11.5 Å². The molecule has 6 heteroatoms. The molecule has 0 bridgehead atoms. The second kappa shape index (κ2) is 9.41. The molecule has 0 unspecified atom stereocenters. The topological polar surface area (TPSA) is 67.9 Å². The summed E-state index contributed by atoms with van der Waals surface area (Å²) in [5, 5.41) is 3.06. The Morgan fingerprint density at radius 3 is 2.39 bits per heavy atom. The van der Waals surface area contributed by atoms with Gasteiger partial charge in [0.25, 0.3) is 5.91 Å². The lowest BCUT2D eigenvalue weighted by Gasteiger charge is -2.39. The van der Waals surface area contributed by atoms with Crippen LogP contribution < -0.4 is 19.7 Å². The van der Waals surface area contributed by atoms with Gasteiger partial charge in [0.15, 0.2) is 0 Å². The van der Waals surface area contributed by atoms with E-state index in [1.807, 2.05) is 31.2 Å². The van der Waals surface area contributed by atoms with Gasteiger partial charge in [-0.1, -0.05) is 32.0 Å². The van der Waals surface area contributed by atoms with Crippen molar-refractivity contribution in [1.29, 1.82) is 0 Å². The van der Waals surface area contributed by atoms with Crippen LogP contribution in [0.3, 0.4) is 0 Å². The number of rotatable bonds is 7. The predicted octanol–water partition coefficient (Wildman–Crippen LogP) is 4.22. The molecule has 3 rings (SSSR count). The molecule has 31 heavy (non-hydrogen) atoms. The lowest BCUT2D eigenvalue weighted by Crippen LogP contribution is -2.59. The molecule has 6 nitrogen and oxygen atoms in total. The van der Waals surface area contributed by atoms with E-state index < -0.39 is 5.54 Å². The molecule has 2 aromatic carbocycles. The number of carbonyl (C=O) groups excluding carboxylic acids is 2. The first-order valence-electron chi connectivity index (χ1n) is 10.7. The Hall–Kier alpha value is -3.02. The molecule has 0 spiro atoms. The van der Waals surface area contributed by atoms with Crippen molar-refractivity contribution in [3.05, 3.63) is 53.6 Å². The highest BCUT2D eigenvalue weighted by molar-refractivity contribution is 6.12. The molecule has 0 saturated carbocycles. The molecule has 0 aliphatic carbocycles. The standard InChI is InChI=1S/C25H32N2O4/c1-17(2)11-13-26-24(29)25(3)12-10-18-8-6-7-9-22(18)23(28)27(25)19-14-20(30-4)16-21(15-19)31-5/h6-9,14-17H,10-13H2,1-5H3,(H,26,29)/t25-/m1/s1. The van der Waals surface area contributed by atoms with E-state index in [1.54, 1.807) is 37.3 Å². The number of hydrogen-bond acceptors (Lipinski definition) is 4. The maximum absolute atomic E-state index is 13.8. The van der Waals surface area contributed by atoms with Gasteiger partial charge in [-0.3, -0.25) is 14.5 Å². The number of benzene rings is 2. The Bertz CT molecular complexity index is 934. The fraction of sp³-hybridized carbons (Fsp3) is 0.440. The Morgan fingerprint density at radius 1 is 1.13 bits per heavy atom. The van der Waals surface area contributed by atoms with Gasteiger partial charge in [-0.15, -0.1) is 0 Å². The molecule has 0 aromatic heterocycles. The van der Waals surface area contributed by atoms with Crippen LogP contribution in [0.2, 0.25) is 0 Å². The van der Waals surface area contributed by atoms with E-state index in [0.717, 1.165) is 12.0 Å². The summed E-state index contributed by atoms with van der Waals surface area (Å²) in [6.45, 7) is 6.65. The number of anilines is 1. The number of methoxy groups -OCH3 is 2. The fourth-order valence-corrected chi connectivity index (χ4v) is 3.98. The smallest absolute Gasteiger partial charge is 0.259 e. The average molecular weight is 425 g/mol. The van der Waals surface area contributed by atoms with Crippen LogP contribution in [0.15, 0.2) is 42.5 Å². The van der Waals surface area contributed by atoms with Crippen molar-refractivity contribution < 1.29 is 19.1 Å². The summed E-state index contributed by atoms with van der Waals surface area (Å²) >= 11 is 0. The van der Waals surface area contributed by atoms with Gasteiger partial charge in [0.2, 0.25) is 5.91 Å². The molecule has 2 aromatic rings. The van der Waals surface area contributed by atoms with Crippen LogP contribution in [0.1, 0.15) is 49.5 Å². The quantitative estimate of drug-likeness (QED) is 0.723. The number of fused-ring (bicyclic) bond motifs is 1. The maximum atomic E-state index is 13.8. The second-order valence-corrected chi connectivity index (χ2v) is 8.58. The minimum atomic E-state index is -1.07. The summed E-state index contributed by atoms with van der Waals surface area (Å²) in [5.74, 6) is 1.23. The van der Waals surface area contributed by atoms with Crippen LogP contribution in [0.25, 0.3) is 0 Å². The molecule has 1 N–H and O–H groups in total. The van der Waals surface area contributed by atoms with Crippen LogP contribution in [-0.4, -0.2) is 38.1 Å². The highest BCUT2D eigenvalue weighted by Crippen LogP contribution is 2.38. The van der Waals surface area contributed by atoms with E-state index in [4.69, 9.17) is 9.47 Å². The second-order valence-electron chi connectivity index (χ2n) is 8.58. The van der Waals surface area contributed by atoms with Crippen LogP contribution in [0, 0.1) is 5.92 Å². The van der Waals surface area contributed by atoms with Gasteiger partial charge >= 0.3 is 0 Å². The Balaban J connectivity index is 2.10. The van der Waals surface area contributed by atoms with Crippen molar-refractivity contribution in [2.45, 2.75) is 45.6 Å². The van der Waals surface area contributed by atoms with Crippen LogP contribution >= 0.6 is 0 Å². The Morgan fingerprint density at radius 2 is 1.77 bits per heavy atom. The van der Waals surface area contributed by atoms with Crippen molar-refractivity contribution in [3.63, 3.8) is 0 Å². The largest absolute Gasteiger partial charge is 0.497 e. The zero-order chi connectivity index (χ0) is 22.6. The summed E-state index contributed by atoms with van der Waals surface area (Å²) in [4.78, 5) is 28.9. The van der Waals surface area contributed by atoms with E-state index in [-0.39, 0.29) is 11.8 Å². The number of aryl methyl sites for hydroxylation is 1. The first-order chi connectivity index (χ1) is 14.8. The highest BCUT2D eigenvalue weighted by atomic mass is 16.5. The third-order valence-electron chi connectivity index (χ3n) is 5.92. The lowest BCUT2D eigenvalue weighted by atomic mass is 9.91. The van der Waals surface area contributed by atoms with E-state index in [9.17, 15) is 9.59 Å². The fourth-order valence-electron chi connectivity index (χ4n) is 3.98. The van der Waals surface area contributed by atoms with E-state index in [0.29, 0.717) is 48.1 Å². The zero-order valence-corrected chi connectivity index (χ0v) is 19.0. The van der Waals surface area contributed by atoms with Crippen molar-refractivity contribution in [1.82, 2.24) is 5.32 Å². The molecular weight excluding hydrogens is 392 g/mol. The predicted molar refractivity (Wildman–Crippen MR) is 122 cm³/mol. The molecule has 0 saturated heterocycles. The SMILES string of the molecule is COc1cc(OC)cc(N2C(=O)c3ccccc3CC[C@]2(C)C(=O)NCCC(C)C)c1. The minimum Gasteiger partial charge on any atom is -0.497 e. The van der Waals surface area contributed by atoms with E-state index in [1.165, 1.54) is 0 Å². The normalized spacial score (nSPS) is 18.4. The van der Waals surface area contributed by atoms with Gasteiger partial charge in [-0.2, -0.15) is 0 Å². The van der Waals surface area contributed by atoms with Crippen molar-refractivity contribution >= 4 is 17.5 Å². The number of nitrogens with zero attached hydrogens (tertiary/aromatic N) is 1. The first-order valence-corrected chi connectivity index (χ1v) is 10.7. The third-order valence-corrected chi connectivity index (χ3v) is 5.92. The highest BCUT2D eigenvalue weighted by Gasteiger charge is 2.45. The first kappa shape index (κ1) is 22.7. The number of amides is 2. The van der Waals surface area contributed by atoms with Crippen LogP contribution in [0.5, 0.6) is 11.5 Å². The Labute approximate surface area is 184 Å². The molecule has 1 atom stereocenters. The van der Waals surface area contributed by atoms with Crippen LogP contribution in [0.4, 0.5) is 5.69 Å². The third kappa shape index (κ3) is 4.68. The molecule has 0 radical (unpaired) electrons. The van der Waals surface area contributed by atoms with Crippen molar-refractivity contribution in [2.24, 2.45) is 5.92 Å². The van der Waals surface area contributed by atoms with E-state index in [2.05, 4.69) is 19.2 Å². The Kier molecular flexibility index (Phi) is 6.88. The minimum absolute atomic E-state index is 0.156. The van der Waals surface area contributed by atoms with Gasteiger partial charge in [-0.25, -0.2) is 0 Å². The van der Waals surface area contributed by atoms with Gasteiger partial charge < -0.3 is 14.8 Å². The van der Waals surface area contributed by atoms with Gasteiger partial charge in [-0.05, 0) is 43.7 Å². The monoisotopic (exact) mass is 424 g/mol. The molecule has 0 fully saturated rings. The number of ether oxygens (including phenoxy) is 2. The number of nitrogens with one attached hydrogen (secondary N) is 1. The molecule has 2 amide bonds. The molecule has 1 aliphatic rings. The van der Waals surface area contributed by atoms with E-state index >= 15 is 0 Å². The number of hydrogen-bond donors (Lipinski definition) is 1. The summed E-state index contributed by atoms with van der Waals surface area (Å²) in [6.07, 6.45) is 2.01. The summed E-state index contributed by atoms with van der Waals surface area (Å²) in [5.41, 5.74) is 1.07. The summed E-state index contributed by atoms with van der Waals surface area (Å²) in [6, 6.07) is 12.9. The lowest BCUT2D eigenvalue weighted by molar-refractivity contribution is -0.126. The average Bonchev–Trinajstić information content (AvgIpc) is 2.88. The molecule has 1 heterocycles. The summed E-state index contributed by atoms with van der Waals surface area (Å²) < 4.78 is 10.9. The van der Waals surface area contributed by atoms with Crippen molar-refractivity contribution in [2.75, 3.05) is 25.7 Å². The molecule has 166 valence electrons. The van der Waals surface area contributed by atoms with Gasteiger partial charge in [0.05, 0.1) is 19.9 Å². The number of carbonyl (C=O) groups is 2. The molecular formula is C25H32N2O4. The van der Waals surface area contributed by atoms with Crippen LogP contribution in [-0.2, 0) is 11.2 Å². The van der Waals surface area contributed by atoms with Gasteiger partial charge in [0, 0.05) is 30.3 Å². The van der Waals surface area contributed by atoms with Gasteiger partial charge in [0.1, 0.15) is 17.0 Å². The summed E-state index contributed by atoms with van der Waals surface area (Å²) in [7, 11) is 3.13. The molecule has 1 aliphatic heterocycles. The zero-order valence-electron chi connectivity index (χ0n) is 19.0.